The van der Waals surface area contributed by atoms with E-state index in [0.29, 0.717) is 34.1 Å². The molecule has 2 fully saturated rings. The Morgan fingerprint density at radius 3 is 1.93 bits per heavy atom. The van der Waals surface area contributed by atoms with Crippen LogP contribution in [0.25, 0.3) is 32.3 Å². The van der Waals surface area contributed by atoms with Gasteiger partial charge in [0.05, 0.1) is 59.6 Å². The summed E-state index contributed by atoms with van der Waals surface area (Å²) < 4.78 is 31.7. The third-order valence-electron chi connectivity index (χ3n) is 6.83. The largest absolute Gasteiger partial charge is 0.368 e. The number of benzene rings is 2. The number of hydrogen-bond donors (Lipinski definition) is 0. The summed E-state index contributed by atoms with van der Waals surface area (Å²) in [7, 11) is 0. The highest BCUT2D eigenvalue weighted by molar-refractivity contribution is 7.99. The number of anilines is 2. The van der Waals surface area contributed by atoms with Crippen LogP contribution in [-0.4, -0.2) is 79.2 Å². The maximum absolute atomic E-state index is 14.4. The van der Waals surface area contributed by atoms with Crippen LogP contribution in [0.5, 0.6) is 0 Å². The SMILES string of the molecule is [N-]=[N+]=NCc1cn(-c2ccc(N3CCSCC3)c(F)c2)nn1.[N-]=[N+]=NCc1cnnn1-c1ccc(N2CCSCC2)c(F)c1. The van der Waals surface area contributed by atoms with Crippen molar-refractivity contribution in [1.29, 1.82) is 0 Å². The zero-order valence-electron chi connectivity index (χ0n) is 23.5. The summed E-state index contributed by atoms with van der Waals surface area (Å²) in [5.41, 5.74) is 20.2. The minimum atomic E-state index is -0.283. The van der Waals surface area contributed by atoms with Gasteiger partial charge in [-0.2, -0.15) is 23.5 Å². The molecule has 0 bridgehead atoms. The zero-order valence-corrected chi connectivity index (χ0v) is 25.2. The molecule has 4 heterocycles. The van der Waals surface area contributed by atoms with Crippen LogP contribution in [-0.2, 0) is 13.1 Å². The van der Waals surface area contributed by atoms with Crippen LogP contribution in [0.2, 0.25) is 0 Å². The molecule has 2 aliphatic heterocycles. The third kappa shape index (κ3) is 7.71. The number of halogens is 2. The van der Waals surface area contributed by atoms with Gasteiger partial charge in [-0.3, -0.25) is 0 Å². The molecule has 2 aromatic heterocycles. The highest BCUT2D eigenvalue weighted by Crippen LogP contribution is 2.26. The predicted octanol–water partition coefficient (Wildman–Crippen LogP) is 5.54. The van der Waals surface area contributed by atoms with E-state index in [0.717, 1.165) is 49.2 Å². The summed E-state index contributed by atoms with van der Waals surface area (Å²) >= 11 is 3.77. The van der Waals surface area contributed by atoms with Gasteiger partial charge in [0.1, 0.15) is 11.6 Å². The monoisotopic (exact) mass is 638 g/mol. The first-order valence-electron chi connectivity index (χ1n) is 13.6. The second-order valence-electron chi connectivity index (χ2n) is 9.54. The first-order chi connectivity index (χ1) is 21.6. The molecule has 2 aromatic carbocycles. The van der Waals surface area contributed by atoms with E-state index < -0.39 is 0 Å². The normalized spacial score (nSPS) is 14.7. The van der Waals surface area contributed by atoms with Crippen LogP contribution >= 0.6 is 23.5 Å². The van der Waals surface area contributed by atoms with E-state index in [9.17, 15) is 8.78 Å². The summed E-state index contributed by atoms with van der Waals surface area (Å²) in [4.78, 5) is 9.50. The smallest absolute Gasteiger partial charge is 0.148 e. The van der Waals surface area contributed by atoms with Crippen molar-refractivity contribution in [2.24, 2.45) is 10.2 Å². The van der Waals surface area contributed by atoms with Crippen LogP contribution in [0.3, 0.4) is 0 Å². The maximum atomic E-state index is 14.4. The lowest BCUT2D eigenvalue weighted by Gasteiger charge is -2.28. The number of thioether (sulfide) groups is 2. The van der Waals surface area contributed by atoms with Gasteiger partial charge in [0.2, 0.25) is 0 Å². The number of azide groups is 2. The van der Waals surface area contributed by atoms with Gasteiger partial charge in [-0.05, 0) is 35.3 Å². The van der Waals surface area contributed by atoms with Gasteiger partial charge in [-0.25, -0.2) is 18.1 Å². The lowest BCUT2D eigenvalue weighted by molar-refractivity contribution is 0.616. The van der Waals surface area contributed by atoms with Crippen LogP contribution < -0.4 is 9.80 Å². The number of rotatable bonds is 8. The average molecular weight is 639 g/mol. The summed E-state index contributed by atoms with van der Waals surface area (Å²) in [5, 5.41) is 22.4. The molecule has 0 spiro atoms. The second-order valence-corrected chi connectivity index (χ2v) is 12.0. The molecule has 0 amide bonds. The van der Waals surface area contributed by atoms with Gasteiger partial charge >= 0.3 is 0 Å². The van der Waals surface area contributed by atoms with E-state index in [2.05, 4.69) is 50.5 Å². The average Bonchev–Trinajstić information content (AvgIpc) is 3.74. The Kier molecular flexibility index (Phi) is 10.8. The molecule has 6 rings (SSSR count). The molecule has 2 saturated heterocycles. The molecule has 0 atom stereocenters. The van der Waals surface area contributed by atoms with E-state index in [1.54, 1.807) is 24.4 Å². The lowest BCUT2D eigenvalue weighted by atomic mass is 10.2. The molecule has 0 radical (unpaired) electrons. The van der Waals surface area contributed by atoms with Gasteiger partial charge in [0, 0.05) is 71.1 Å². The van der Waals surface area contributed by atoms with Crippen molar-refractivity contribution in [1.82, 2.24) is 30.0 Å². The zero-order chi connectivity index (χ0) is 30.7. The van der Waals surface area contributed by atoms with Crippen LogP contribution in [0.1, 0.15) is 11.4 Å². The van der Waals surface area contributed by atoms with E-state index in [1.165, 1.54) is 27.7 Å². The fraction of sp³-hybridized carbons (Fsp3) is 0.385. The molecule has 0 aliphatic carbocycles. The van der Waals surface area contributed by atoms with Crippen LogP contribution in [0, 0.1) is 11.6 Å². The molecule has 228 valence electrons. The maximum Gasteiger partial charge on any atom is 0.148 e. The quantitative estimate of drug-likeness (QED) is 0.138. The Bertz CT molecular complexity index is 1650. The Balaban J connectivity index is 0.000000175. The van der Waals surface area contributed by atoms with Crippen molar-refractivity contribution in [3.05, 3.63) is 92.7 Å². The van der Waals surface area contributed by atoms with E-state index in [-0.39, 0.29) is 24.7 Å². The molecule has 14 nitrogen and oxygen atoms in total. The molecule has 4 aromatic rings. The standard InChI is InChI=1S/2C13H14FN7S/c14-12-7-11(21-9-10(17-19-21)8-16-18-15)1-2-13(12)20-3-5-22-6-4-20;14-12-7-10(21-11(8-16-18-15)9-17-19-21)1-2-13(12)20-3-5-22-6-4-20/h2*1-2,7,9H,3-6,8H2. The molecule has 0 N–H and O–H groups in total. The lowest BCUT2D eigenvalue weighted by Crippen LogP contribution is -2.33. The first-order valence-corrected chi connectivity index (χ1v) is 16.0. The summed E-state index contributed by atoms with van der Waals surface area (Å²) in [6, 6.07) is 10.0. The predicted molar refractivity (Wildman–Crippen MR) is 167 cm³/mol. The molecular weight excluding hydrogens is 611 g/mol. The third-order valence-corrected chi connectivity index (χ3v) is 8.71. The van der Waals surface area contributed by atoms with Gasteiger partial charge in [0.25, 0.3) is 0 Å². The number of nitrogens with zero attached hydrogens (tertiary/aromatic N) is 14. The van der Waals surface area contributed by atoms with Crippen molar-refractivity contribution in [2.75, 3.05) is 59.0 Å². The Morgan fingerprint density at radius 2 is 1.34 bits per heavy atom. The van der Waals surface area contributed by atoms with Gasteiger partial charge < -0.3 is 9.80 Å². The summed E-state index contributed by atoms with van der Waals surface area (Å²) in [6.45, 7) is 3.68. The summed E-state index contributed by atoms with van der Waals surface area (Å²) in [5.74, 6) is 3.52. The second kappa shape index (κ2) is 15.3. The van der Waals surface area contributed by atoms with Crippen LogP contribution in [0.4, 0.5) is 20.2 Å². The van der Waals surface area contributed by atoms with Gasteiger partial charge in [-0.15, -0.1) is 10.2 Å². The fourth-order valence-corrected chi connectivity index (χ4v) is 6.48. The van der Waals surface area contributed by atoms with E-state index in [1.807, 2.05) is 29.6 Å². The molecule has 44 heavy (non-hydrogen) atoms. The highest BCUT2D eigenvalue weighted by Gasteiger charge is 2.17. The number of hydrogen-bond acceptors (Lipinski definition) is 10. The van der Waals surface area contributed by atoms with Crippen molar-refractivity contribution < 1.29 is 8.78 Å². The van der Waals surface area contributed by atoms with E-state index in [4.69, 9.17) is 11.1 Å². The summed E-state index contributed by atoms with van der Waals surface area (Å²) in [6.07, 6.45) is 3.13. The van der Waals surface area contributed by atoms with Crippen LogP contribution in [0.15, 0.2) is 59.0 Å². The first kappa shape index (κ1) is 30.9. The number of aromatic nitrogens is 6. The van der Waals surface area contributed by atoms with E-state index >= 15 is 0 Å². The molecular formula is C26H28F2N14S2. The minimum absolute atomic E-state index is 0.121. The topological polar surface area (TPSA) is 165 Å². The fourth-order valence-electron chi connectivity index (χ4n) is 4.67. The molecule has 18 heteroatoms. The van der Waals surface area contributed by atoms with Gasteiger partial charge in [0.15, 0.2) is 0 Å². The van der Waals surface area contributed by atoms with Crippen molar-refractivity contribution in [3.8, 4) is 11.4 Å². The highest BCUT2D eigenvalue weighted by atomic mass is 32.2. The molecule has 0 unspecified atom stereocenters. The van der Waals surface area contributed by atoms with Crippen molar-refractivity contribution >= 4 is 34.9 Å². The van der Waals surface area contributed by atoms with Gasteiger partial charge in [-0.1, -0.05) is 20.7 Å². The Hall–Kier alpha value is -4.50. The Morgan fingerprint density at radius 1 is 0.773 bits per heavy atom. The Labute approximate surface area is 259 Å². The minimum Gasteiger partial charge on any atom is -0.368 e. The van der Waals surface area contributed by atoms with Crippen molar-refractivity contribution in [3.63, 3.8) is 0 Å². The molecule has 0 saturated carbocycles. The molecule has 2 aliphatic rings. The van der Waals surface area contributed by atoms with Crippen molar-refractivity contribution in [2.45, 2.75) is 13.1 Å².